The minimum Gasteiger partial charge on any atom is -0.399 e. The first-order valence-corrected chi connectivity index (χ1v) is 11.5. The molecule has 11 heteroatoms. The predicted molar refractivity (Wildman–Crippen MR) is 126 cm³/mol. The highest BCUT2D eigenvalue weighted by atomic mass is 32.1. The monoisotopic (exact) mass is 491 g/mol. The first kappa shape index (κ1) is 24.1. The Hall–Kier alpha value is -3.02. The summed E-state index contributed by atoms with van der Waals surface area (Å²) in [6, 6.07) is 5.11. The van der Waals surface area contributed by atoms with Crippen LogP contribution in [0.3, 0.4) is 0 Å². The Bertz CT molecular complexity index is 1210. The molecule has 34 heavy (non-hydrogen) atoms. The predicted octanol–water partition coefficient (Wildman–Crippen LogP) is 4.73. The zero-order valence-electron chi connectivity index (χ0n) is 18.4. The quantitative estimate of drug-likeness (QED) is 0.267. The summed E-state index contributed by atoms with van der Waals surface area (Å²) in [5.41, 5.74) is 6.61. The van der Waals surface area contributed by atoms with Gasteiger partial charge in [-0.2, -0.15) is 13.2 Å². The number of hydrogen-bond donors (Lipinski definition) is 2. The van der Waals surface area contributed by atoms with Crippen LogP contribution in [0.2, 0.25) is 0 Å². The molecular formula is C23H24F3N5O2S. The molecule has 180 valence electrons. The van der Waals surface area contributed by atoms with Crippen LogP contribution in [0.1, 0.15) is 35.4 Å². The number of nitrogens with two attached hydrogens (primary N) is 1. The van der Waals surface area contributed by atoms with Gasteiger partial charge in [0.25, 0.3) is 0 Å². The largest absolute Gasteiger partial charge is 0.416 e. The number of halogens is 3. The fourth-order valence-corrected chi connectivity index (χ4v) is 4.86. The van der Waals surface area contributed by atoms with Gasteiger partial charge in [0.1, 0.15) is 29.9 Å². The fourth-order valence-electron chi connectivity index (χ4n) is 3.79. The number of aldehydes is 1. The van der Waals surface area contributed by atoms with Gasteiger partial charge in [-0.1, -0.05) is 6.08 Å². The van der Waals surface area contributed by atoms with Gasteiger partial charge in [0.2, 0.25) is 0 Å². The second-order valence-corrected chi connectivity index (χ2v) is 9.06. The molecule has 0 saturated carbocycles. The summed E-state index contributed by atoms with van der Waals surface area (Å²) >= 11 is 1.55. The second kappa shape index (κ2) is 10.1. The SMILES string of the molecule is C[C@@H](Nc1ncnc2sc(C3=CCN(COCC=O)CC3)cc12)c1cc(N)cc(C(F)(F)F)c1. The highest BCUT2D eigenvalue weighted by molar-refractivity contribution is 7.19. The molecule has 1 aliphatic heterocycles. The fraction of sp³-hybridized carbons (Fsp3) is 0.348. The van der Waals surface area contributed by atoms with Crippen LogP contribution in [0.15, 0.2) is 36.7 Å². The zero-order chi connectivity index (χ0) is 24.3. The summed E-state index contributed by atoms with van der Waals surface area (Å²) in [5.74, 6) is 0.552. The Morgan fingerprint density at radius 3 is 2.82 bits per heavy atom. The van der Waals surface area contributed by atoms with Gasteiger partial charge in [-0.05, 0) is 48.7 Å². The van der Waals surface area contributed by atoms with Crippen molar-refractivity contribution in [2.24, 2.45) is 0 Å². The first-order valence-electron chi connectivity index (χ1n) is 10.7. The smallest absolute Gasteiger partial charge is 0.399 e. The normalized spacial score (nSPS) is 15.8. The molecule has 1 aliphatic rings. The molecule has 1 aromatic carbocycles. The van der Waals surface area contributed by atoms with Crippen LogP contribution in [0.25, 0.3) is 15.8 Å². The van der Waals surface area contributed by atoms with Crippen molar-refractivity contribution in [3.8, 4) is 0 Å². The van der Waals surface area contributed by atoms with Crippen molar-refractivity contribution in [1.29, 1.82) is 0 Å². The van der Waals surface area contributed by atoms with Gasteiger partial charge in [-0.3, -0.25) is 4.90 Å². The first-order chi connectivity index (χ1) is 16.2. The van der Waals surface area contributed by atoms with Crippen molar-refractivity contribution in [1.82, 2.24) is 14.9 Å². The van der Waals surface area contributed by atoms with Crippen molar-refractivity contribution >= 4 is 44.9 Å². The van der Waals surface area contributed by atoms with Gasteiger partial charge in [0.05, 0.1) is 23.7 Å². The molecule has 1 atom stereocenters. The number of carbonyl (C=O) groups excluding carboxylic acids is 1. The second-order valence-electron chi connectivity index (χ2n) is 8.03. The summed E-state index contributed by atoms with van der Waals surface area (Å²) in [6.45, 7) is 3.79. The van der Waals surface area contributed by atoms with E-state index in [0.717, 1.165) is 46.5 Å². The topological polar surface area (TPSA) is 93.4 Å². The molecule has 0 unspecified atom stereocenters. The van der Waals surface area contributed by atoms with Crippen LogP contribution in [0.4, 0.5) is 24.7 Å². The van der Waals surface area contributed by atoms with Crippen molar-refractivity contribution in [3.05, 3.63) is 52.7 Å². The third kappa shape index (κ3) is 5.54. The lowest BCUT2D eigenvalue weighted by Crippen LogP contribution is -2.31. The number of nitrogens with one attached hydrogen (secondary N) is 1. The summed E-state index contributed by atoms with van der Waals surface area (Å²) in [7, 11) is 0. The molecule has 3 heterocycles. The Kier molecular flexibility index (Phi) is 7.15. The number of benzene rings is 1. The third-order valence-electron chi connectivity index (χ3n) is 5.56. The summed E-state index contributed by atoms with van der Waals surface area (Å²) in [6.07, 6.45) is 0.663. The van der Waals surface area contributed by atoms with E-state index in [1.165, 1.54) is 18.0 Å². The average molecular weight is 492 g/mol. The van der Waals surface area contributed by atoms with Crippen LogP contribution in [0, 0.1) is 0 Å². The number of nitrogens with zero attached hydrogens (tertiary/aromatic N) is 3. The maximum absolute atomic E-state index is 13.2. The lowest BCUT2D eigenvalue weighted by Gasteiger charge is -2.25. The molecule has 0 radical (unpaired) electrons. The van der Waals surface area contributed by atoms with Crippen molar-refractivity contribution < 1.29 is 22.7 Å². The summed E-state index contributed by atoms with van der Waals surface area (Å²) in [4.78, 5) is 23.1. The van der Waals surface area contributed by atoms with Crippen LogP contribution < -0.4 is 11.1 Å². The number of ether oxygens (including phenoxy) is 1. The highest BCUT2D eigenvalue weighted by Crippen LogP contribution is 2.37. The van der Waals surface area contributed by atoms with E-state index >= 15 is 0 Å². The summed E-state index contributed by atoms with van der Waals surface area (Å²) < 4.78 is 44.9. The van der Waals surface area contributed by atoms with E-state index in [-0.39, 0.29) is 12.3 Å². The van der Waals surface area contributed by atoms with Crippen molar-refractivity contribution in [3.63, 3.8) is 0 Å². The van der Waals surface area contributed by atoms with Gasteiger partial charge in [0.15, 0.2) is 0 Å². The molecule has 0 fully saturated rings. The van der Waals surface area contributed by atoms with E-state index in [0.29, 0.717) is 24.7 Å². The number of carbonyl (C=O) groups is 1. The Labute approximate surface area is 198 Å². The zero-order valence-corrected chi connectivity index (χ0v) is 19.2. The number of aromatic nitrogens is 2. The molecular weight excluding hydrogens is 467 g/mol. The van der Waals surface area contributed by atoms with E-state index in [1.54, 1.807) is 18.3 Å². The molecule has 0 amide bonds. The lowest BCUT2D eigenvalue weighted by atomic mass is 10.0. The van der Waals surface area contributed by atoms with Crippen LogP contribution >= 0.6 is 11.3 Å². The number of hydrogen-bond acceptors (Lipinski definition) is 8. The highest BCUT2D eigenvalue weighted by Gasteiger charge is 2.31. The van der Waals surface area contributed by atoms with Crippen molar-refractivity contribution in [2.75, 3.05) is 37.5 Å². The Morgan fingerprint density at radius 2 is 2.12 bits per heavy atom. The molecule has 7 nitrogen and oxygen atoms in total. The minimum atomic E-state index is -4.47. The number of rotatable bonds is 8. The maximum Gasteiger partial charge on any atom is 0.416 e. The van der Waals surface area contributed by atoms with Gasteiger partial charge in [-0.25, -0.2) is 9.97 Å². The molecule has 4 rings (SSSR count). The number of alkyl halides is 3. The molecule has 2 aromatic heterocycles. The molecule has 3 aromatic rings. The van der Waals surface area contributed by atoms with Gasteiger partial charge in [-0.15, -0.1) is 11.3 Å². The third-order valence-corrected chi connectivity index (χ3v) is 6.68. The molecule has 0 spiro atoms. The average Bonchev–Trinajstić information content (AvgIpc) is 3.24. The van der Waals surface area contributed by atoms with E-state index in [2.05, 4.69) is 26.3 Å². The molecule has 3 N–H and O–H groups in total. The molecule has 0 aliphatic carbocycles. The van der Waals surface area contributed by atoms with Gasteiger partial charge >= 0.3 is 6.18 Å². The van der Waals surface area contributed by atoms with Crippen LogP contribution in [-0.2, 0) is 15.7 Å². The Morgan fingerprint density at radius 1 is 1.29 bits per heavy atom. The van der Waals surface area contributed by atoms with Gasteiger partial charge < -0.3 is 20.6 Å². The van der Waals surface area contributed by atoms with E-state index in [4.69, 9.17) is 10.5 Å². The van der Waals surface area contributed by atoms with E-state index in [9.17, 15) is 18.0 Å². The number of nitrogen functional groups attached to an aromatic ring is 1. The summed E-state index contributed by atoms with van der Waals surface area (Å²) in [5, 5.41) is 4.03. The Balaban J connectivity index is 1.53. The maximum atomic E-state index is 13.2. The number of thiophene rings is 1. The lowest BCUT2D eigenvalue weighted by molar-refractivity contribution is -0.137. The van der Waals surface area contributed by atoms with Crippen LogP contribution in [-0.4, -0.2) is 47.6 Å². The van der Waals surface area contributed by atoms with Crippen molar-refractivity contribution in [2.45, 2.75) is 25.6 Å². The van der Waals surface area contributed by atoms with Gasteiger partial charge in [0, 0.05) is 23.7 Å². The standard InChI is InChI=1S/C23H24F3N5O2S/c1-14(16-8-17(23(24,25)26)10-18(27)9-16)30-21-19-11-20(34-22(19)29-12-28-21)15-2-4-31(5-3-15)13-33-7-6-32/h2,6,8-12,14H,3-5,7,13,27H2,1H3,(H,28,29,30)/t14-/m1/s1. The molecule has 0 saturated heterocycles. The number of fused-ring (bicyclic) bond motifs is 1. The van der Waals surface area contributed by atoms with Crippen LogP contribution in [0.5, 0.6) is 0 Å². The minimum absolute atomic E-state index is 0.0546. The number of anilines is 2. The van der Waals surface area contributed by atoms with E-state index in [1.807, 2.05) is 6.07 Å². The van der Waals surface area contributed by atoms with E-state index < -0.39 is 17.8 Å². The molecule has 0 bridgehead atoms.